The first-order chi connectivity index (χ1) is 12.6. The Balaban J connectivity index is 1.95. The number of thioether (sulfide) groups is 1. The van der Waals surface area contributed by atoms with Gasteiger partial charge >= 0.3 is 0 Å². The molecule has 0 spiro atoms. The summed E-state index contributed by atoms with van der Waals surface area (Å²) in [6.45, 7) is 0.553. The first-order valence-corrected chi connectivity index (χ1v) is 8.99. The fourth-order valence-corrected chi connectivity index (χ4v) is 4.23. The van der Waals surface area contributed by atoms with E-state index in [4.69, 9.17) is 9.47 Å². The maximum absolute atomic E-state index is 13.0. The Morgan fingerprint density at radius 2 is 2.00 bits per heavy atom. The third kappa shape index (κ3) is 3.32. The molecule has 1 heterocycles. The van der Waals surface area contributed by atoms with Gasteiger partial charge in [-0.2, -0.15) is 0 Å². The lowest BCUT2D eigenvalue weighted by molar-refractivity contribution is -0.384. The lowest BCUT2D eigenvalue weighted by Gasteiger charge is -2.26. The van der Waals surface area contributed by atoms with Crippen molar-refractivity contribution in [2.75, 3.05) is 26.5 Å². The van der Waals surface area contributed by atoms with Crippen LogP contribution >= 0.6 is 11.8 Å². The molecule has 1 fully saturated rings. The predicted molar refractivity (Wildman–Crippen MR) is 98.9 cm³/mol. The number of hydrogen-bond acceptors (Lipinski definition) is 6. The molecule has 2 aromatic rings. The minimum absolute atomic E-state index is 0.0989. The molecule has 1 atom stereocenters. The number of carbonyl (C=O) groups is 1. The number of hydrogen-bond donors (Lipinski definition) is 0. The Bertz CT molecular complexity index is 842. The van der Waals surface area contributed by atoms with E-state index in [2.05, 4.69) is 0 Å². The van der Waals surface area contributed by atoms with Gasteiger partial charge < -0.3 is 14.4 Å². The van der Waals surface area contributed by atoms with E-state index >= 15 is 0 Å². The maximum atomic E-state index is 13.0. The van der Waals surface area contributed by atoms with E-state index in [0.717, 1.165) is 11.3 Å². The minimum atomic E-state index is -0.502. The summed E-state index contributed by atoms with van der Waals surface area (Å²) < 4.78 is 10.8. The summed E-state index contributed by atoms with van der Waals surface area (Å²) in [6.07, 6.45) is 0. The Labute approximate surface area is 155 Å². The summed E-state index contributed by atoms with van der Waals surface area (Å²) in [5.41, 5.74) is 1.04. The van der Waals surface area contributed by atoms with Crippen molar-refractivity contribution < 1.29 is 19.2 Å². The SMILES string of the molecule is COc1cccc(C2SCCN2C(=O)c2cccc([N+](=O)[O-])c2)c1OC. The molecule has 7 nitrogen and oxygen atoms in total. The van der Waals surface area contributed by atoms with E-state index in [1.165, 1.54) is 18.2 Å². The number of ether oxygens (including phenoxy) is 2. The third-order valence-corrected chi connectivity index (χ3v) is 5.40. The number of nitro benzene ring substituents is 1. The molecular weight excluding hydrogens is 356 g/mol. The molecule has 0 aromatic heterocycles. The van der Waals surface area contributed by atoms with Gasteiger partial charge in [-0.3, -0.25) is 14.9 Å². The fourth-order valence-electron chi connectivity index (χ4n) is 2.96. The zero-order valence-electron chi connectivity index (χ0n) is 14.4. The van der Waals surface area contributed by atoms with E-state index in [-0.39, 0.29) is 17.0 Å². The molecule has 2 aromatic carbocycles. The van der Waals surface area contributed by atoms with Crippen molar-refractivity contribution in [1.82, 2.24) is 4.90 Å². The highest BCUT2D eigenvalue weighted by Gasteiger charge is 2.34. The van der Waals surface area contributed by atoms with E-state index in [1.54, 1.807) is 43.0 Å². The van der Waals surface area contributed by atoms with Crippen LogP contribution < -0.4 is 9.47 Å². The summed E-state index contributed by atoms with van der Waals surface area (Å²) in [6, 6.07) is 11.4. The van der Waals surface area contributed by atoms with Crippen molar-refractivity contribution in [2.24, 2.45) is 0 Å². The molecule has 1 saturated heterocycles. The fraction of sp³-hybridized carbons (Fsp3) is 0.278. The van der Waals surface area contributed by atoms with Gasteiger partial charge in [0.25, 0.3) is 11.6 Å². The molecule has 1 aliphatic rings. The van der Waals surface area contributed by atoms with Gasteiger partial charge in [0.1, 0.15) is 5.37 Å². The van der Waals surface area contributed by atoms with Crippen LogP contribution in [0.1, 0.15) is 21.3 Å². The standard InChI is InChI=1S/C18H18N2O5S/c1-24-15-8-4-7-14(16(15)25-2)18-19(9-10-26-18)17(21)12-5-3-6-13(11-12)20(22)23/h3-8,11,18H,9-10H2,1-2H3. The van der Waals surface area contributed by atoms with Crippen LogP contribution in [-0.4, -0.2) is 42.2 Å². The van der Waals surface area contributed by atoms with E-state index < -0.39 is 4.92 Å². The lowest BCUT2D eigenvalue weighted by Crippen LogP contribution is -2.30. The molecule has 3 rings (SSSR count). The second kappa shape index (κ2) is 7.65. The van der Waals surface area contributed by atoms with Gasteiger partial charge in [0, 0.05) is 35.6 Å². The number of benzene rings is 2. The van der Waals surface area contributed by atoms with Gasteiger partial charge in [-0.1, -0.05) is 18.2 Å². The first-order valence-electron chi connectivity index (χ1n) is 7.94. The van der Waals surface area contributed by atoms with Crippen molar-refractivity contribution in [2.45, 2.75) is 5.37 Å². The Hall–Kier alpha value is -2.74. The number of nitrogens with zero attached hydrogens (tertiary/aromatic N) is 2. The van der Waals surface area contributed by atoms with Crippen LogP contribution in [0.2, 0.25) is 0 Å². The molecule has 1 unspecified atom stereocenters. The summed E-state index contributed by atoms with van der Waals surface area (Å²) in [5.74, 6) is 1.71. The average Bonchev–Trinajstić information content (AvgIpc) is 3.16. The van der Waals surface area contributed by atoms with Crippen molar-refractivity contribution in [3.63, 3.8) is 0 Å². The second-order valence-corrected chi connectivity index (χ2v) is 6.80. The molecule has 136 valence electrons. The van der Waals surface area contributed by atoms with Crippen LogP contribution in [0.4, 0.5) is 5.69 Å². The molecule has 0 radical (unpaired) electrons. The smallest absolute Gasteiger partial charge is 0.270 e. The van der Waals surface area contributed by atoms with E-state index in [0.29, 0.717) is 23.6 Å². The second-order valence-electron chi connectivity index (χ2n) is 5.61. The molecule has 8 heteroatoms. The van der Waals surface area contributed by atoms with Gasteiger partial charge in [0.15, 0.2) is 11.5 Å². The Morgan fingerprint density at radius 1 is 1.23 bits per heavy atom. The highest BCUT2D eigenvalue weighted by Crippen LogP contribution is 2.45. The minimum Gasteiger partial charge on any atom is -0.493 e. The lowest BCUT2D eigenvalue weighted by atomic mass is 10.1. The molecule has 0 bridgehead atoms. The zero-order chi connectivity index (χ0) is 18.7. The maximum Gasteiger partial charge on any atom is 0.270 e. The molecule has 26 heavy (non-hydrogen) atoms. The van der Waals surface area contributed by atoms with E-state index in [9.17, 15) is 14.9 Å². The molecule has 1 aliphatic heterocycles. The molecule has 0 saturated carbocycles. The highest BCUT2D eigenvalue weighted by atomic mass is 32.2. The number of amides is 1. The number of carbonyl (C=O) groups excluding carboxylic acids is 1. The van der Waals surface area contributed by atoms with Crippen LogP contribution in [0.25, 0.3) is 0 Å². The first kappa shape index (κ1) is 18.1. The normalized spacial score (nSPS) is 16.4. The topological polar surface area (TPSA) is 81.9 Å². The van der Waals surface area contributed by atoms with Crippen molar-refractivity contribution in [3.05, 3.63) is 63.7 Å². The monoisotopic (exact) mass is 374 g/mol. The summed E-state index contributed by atoms with van der Waals surface area (Å²) in [4.78, 5) is 25.2. The Morgan fingerprint density at radius 3 is 2.69 bits per heavy atom. The van der Waals surface area contributed by atoms with Crippen LogP contribution in [0, 0.1) is 10.1 Å². The Kier molecular flexibility index (Phi) is 5.32. The van der Waals surface area contributed by atoms with Crippen molar-refractivity contribution in [1.29, 1.82) is 0 Å². The quantitative estimate of drug-likeness (QED) is 0.588. The molecule has 1 amide bonds. The largest absolute Gasteiger partial charge is 0.493 e. The van der Waals surface area contributed by atoms with E-state index in [1.807, 2.05) is 12.1 Å². The summed E-state index contributed by atoms with van der Waals surface area (Å²) >= 11 is 1.62. The number of non-ortho nitro benzene ring substituents is 1. The van der Waals surface area contributed by atoms with Crippen molar-refractivity contribution >= 4 is 23.4 Å². The molecule has 0 N–H and O–H groups in total. The third-order valence-electron chi connectivity index (χ3n) is 4.16. The van der Waals surface area contributed by atoms with Crippen LogP contribution in [-0.2, 0) is 0 Å². The van der Waals surface area contributed by atoms with Crippen molar-refractivity contribution in [3.8, 4) is 11.5 Å². The van der Waals surface area contributed by atoms with Gasteiger partial charge in [0.2, 0.25) is 0 Å². The van der Waals surface area contributed by atoms with Gasteiger partial charge in [0.05, 0.1) is 19.1 Å². The number of rotatable bonds is 5. The number of para-hydroxylation sites is 1. The number of methoxy groups -OCH3 is 2. The molecule has 0 aliphatic carbocycles. The van der Waals surface area contributed by atoms with Gasteiger partial charge in [-0.05, 0) is 12.1 Å². The number of nitro groups is 1. The highest BCUT2D eigenvalue weighted by molar-refractivity contribution is 7.99. The zero-order valence-corrected chi connectivity index (χ0v) is 15.2. The summed E-state index contributed by atoms with van der Waals surface area (Å²) in [5, 5.41) is 10.7. The van der Waals surface area contributed by atoms with Gasteiger partial charge in [-0.25, -0.2) is 0 Å². The van der Waals surface area contributed by atoms with Gasteiger partial charge in [-0.15, -0.1) is 11.8 Å². The summed E-state index contributed by atoms with van der Waals surface area (Å²) in [7, 11) is 3.13. The predicted octanol–water partition coefficient (Wildman–Crippen LogP) is 3.50. The van der Waals surface area contributed by atoms with Crippen LogP contribution in [0.5, 0.6) is 11.5 Å². The van der Waals surface area contributed by atoms with Crippen LogP contribution in [0.15, 0.2) is 42.5 Å². The average molecular weight is 374 g/mol. The molecular formula is C18H18N2O5S. The van der Waals surface area contributed by atoms with Crippen LogP contribution in [0.3, 0.4) is 0 Å².